The Morgan fingerprint density at radius 1 is 0.348 bits per heavy atom. The van der Waals surface area contributed by atoms with Crippen LogP contribution in [-0.2, 0) is 10.8 Å². The van der Waals surface area contributed by atoms with Crippen LogP contribution in [0.5, 0.6) is 23.0 Å². The number of anilines is 3. The predicted molar refractivity (Wildman–Crippen MR) is 267 cm³/mol. The normalized spacial score (nSPS) is 15.5. The number of nitrogens with zero attached hydrogens (tertiary/aromatic N) is 1. The Morgan fingerprint density at radius 3 is 1.52 bits per heavy atom. The topological polar surface area (TPSA) is 21.7 Å². The SMILES string of the molecule is C1=CC2=C(C=CC1)C1(c3ccccc3Oc3ccccc31)c1cccc(N(c3ccccc3-c3ccccc3)c3cccc4c3Oc3ccccc3C43c4ccccc4-c4ccccc43)c12. The first kappa shape index (κ1) is 37.0. The van der Waals surface area contributed by atoms with E-state index in [1.54, 1.807) is 0 Å². The number of para-hydroxylation sites is 5. The van der Waals surface area contributed by atoms with Crippen molar-refractivity contribution in [2.45, 2.75) is 17.3 Å². The molecular weight excluding hydrogens is 803 g/mol. The van der Waals surface area contributed by atoms with Crippen LogP contribution < -0.4 is 14.4 Å². The van der Waals surface area contributed by atoms with Gasteiger partial charge in [-0.25, -0.2) is 0 Å². The van der Waals surface area contributed by atoms with Crippen LogP contribution in [0.15, 0.2) is 242 Å². The van der Waals surface area contributed by atoms with E-state index in [9.17, 15) is 0 Å². The Bertz CT molecular complexity index is 3500. The fourth-order valence-corrected chi connectivity index (χ4v) is 12.2. The summed E-state index contributed by atoms with van der Waals surface area (Å²) >= 11 is 0. The lowest BCUT2D eigenvalue weighted by atomic mass is 9.65. The highest BCUT2D eigenvalue weighted by atomic mass is 16.5. The number of ether oxygens (including phenoxy) is 2. The number of benzene rings is 9. The second kappa shape index (κ2) is 14.0. The van der Waals surface area contributed by atoms with E-state index in [4.69, 9.17) is 9.47 Å². The molecule has 9 aromatic carbocycles. The number of rotatable bonds is 4. The van der Waals surface area contributed by atoms with Crippen LogP contribution >= 0.6 is 0 Å². The third-order valence-corrected chi connectivity index (χ3v) is 14.6. The Kier molecular flexibility index (Phi) is 7.88. The van der Waals surface area contributed by atoms with Crippen LogP contribution in [-0.4, -0.2) is 0 Å². The molecule has 3 aliphatic carbocycles. The highest BCUT2D eigenvalue weighted by Crippen LogP contribution is 2.67. The van der Waals surface area contributed by atoms with Gasteiger partial charge in [-0.2, -0.15) is 0 Å². The van der Waals surface area contributed by atoms with Gasteiger partial charge >= 0.3 is 0 Å². The van der Waals surface area contributed by atoms with Crippen LogP contribution in [0.25, 0.3) is 27.8 Å². The molecule has 0 saturated heterocycles. The molecule has 2 spiro atoms. The first-order valence-corrected chi connectivity index (χ1v) is 22.9. The molecule has 0 amide bonds. The highest BCUT2D eigenvalue weighted by Gasteiger charge is 2.54. The maximum Gasteiger partial charge on any atom is 0.156 e. The second-order valence-electron chi connectivity index (χ2n) is 17.7. The molecule has 3 heteroatoms. The largest absolute Gasteiger partial charge is 0.457 e. The van der Waals surface area contributed by atoms with Gasteiger partial charge < -0.3 is 14.4 Å². The van der Waals surface area contributed by atoms with Crippen molar-refractivity contribution in [1.82, 2.24) is 0 Å². The van der Waals surface area contributed by atoms with Gasteiger partial charge in [0.25, 0.3) is 0 Å². The van der Waals surface area contributed by atoms with Crippen LogP contribution in [0.3, 0.4) is 0 Å². The van der Waals surface area contributed by atoms with Crippen LogP contribution in [0.4, 0.5) is 17.1 Å². The molecule has 0 bridgehead atoms. The molecule has 0 saturated carbocycles. The molecule has 66 heavy (non-hydrogen) atoms. The zero-order chi connectivity index (χ0) is 43.4. The summed E-state index contributed by atoms with van der Waals surface area (Å²) in [4.78, 5) is 2.50. The van der Waals surface area contributed by atoms with Crippen molar-refractivity contribution in [3.63, 3.8) is 0 Å². The fraction of sp³-hybridized carbons (Fsp3) is 0.0476. The third kappa shape index (κ3) is 4.81. The molecule has 2 aliphatic heterocycles. The van der Waals surface area contributed by atoms with Crippen LogP contribution in [0.1, 0.15) is 50.9 Å². The van der Waals surface area contributed by atoms with E-state index < -0.39 is 10.8 Å². The second-order valence-corrected chi connectivity index (χ2v) is 17.7. The Morgan fingerprint density at radius 2 is 0.833 bits per heavy atom. The number of hydrogen-bond donors (Lipinski definition) is 0. The van der Waals surface area contributed by atoms with Gasteiger partial charge in [0, 0.05) is 33.4 Å². The molecule has 0 fully saturated rings. The molecule has 0 N–H and O–H groups in total. The van der Waals surface area contributed by atoms with E-state index in [0.29, 0.717) is 0 Å². The van der Waals surface area contributed by atoms with Gasteiger partial charge in [-0.05, 0) is 87.3 Å². The monoisotopic (exact) mass is 843 g/mol. The minimum Gasteiger partial charge on any atom is -0.457 e. The molecule has 0 unspecified atom stereocenters. The van der Waals surface area contributed by atoms with Gasteiger partial charge in [0.2, 0.25) is 0 Å². The van der Waals surface area contributed by atoms with E-state index in [-0.39, 0.29) is 0 Å². The minimum absolute atomic E-state index is 0.624. The molecule has 0 atom stereocenters. The average molecular weight is 844 g/mol. The van der Waals surface area contributed by atoms with E-state index in [0.717, 1.165) is 79.9 Å². The van der Waals surface area contributed by atoms with E-state index in [2.05, 4.69) is 242 Å². The highest BCUT2D eigenvalue weighted by molar-refractivity contribution is 6.03. The van der Waals surface area contributed by atoms with Crippen molar-refractivity contribution < 1.29 is 9.47 Å². The Labute approximate surface area is 384 Å². The summed E-state index contributed by atoms with van der Waals surface area (Å²) in [7, 11) is 0. The Hall–Kier alpha value is -8.40. The maximum atomic E-state index is 7.45. The van der Waals surface area contributed by atoms with E-state index in [1.807, 2.05) is 0 Å². The average Bonchev–Trinajstić information content (AvgIpc) is 3.67. The summed E-state index contributed by atoms with van der Waals surface area (Å²) in [6, 6.07) is 77.1. The summed E-state index contributed by atoms with van der Waals surface area (Å²) in [5.41, 5.74) is 18.5. The first-order valence-electron chi connectivity index (χ1n) is 22.9. The summed E-state index contributed by atoms with van der Waals surface area (Å²) < 4.78 is 14.2. The van der Waals surface area contributed by atoms with Crippen molar-refractivity contribution in [2.75, 3.05) is 4.90 Å². The standard InChI is InChI=1S/C63H41NO2/c1-3-21-41(22-4-1)42-23-9-15-35-54(42)64(56-37-20-34-53-61(56)66-59-40-18-14-32-51(59)62(53)46-28-10-7-24-43(46)44-25-8-11-29-47(44)62)55-36-19-33-52-60(55)45-26-5-2-6-27-48(45)63(52)49-30-12-16-38-57(49)65-58-39-17-13-31-50(58)63/h1,3-40H,2H2. The molecular formula is C63H41NO2. The Balaban J connectivity index is 1.12. The number of hydrogen-bond acceptors (Lipinski definition) is 3. The smallest absolute Gasteiger partial charge is 0.156 e. The summed E-state index contributed by atoms with van der Waals surface area (Å²) in [6.07, 6.45) is 10.2. The molecule has 3 nitrogen and oxygen atoms in total. The quantitative estimate of drug-likeness (QED) is 0.176. The van der Waals surface area contributed by atoms with Gasteiger partial charge in [0.15, 0.2) is 5.75 Å². The summed E-state index contributed by atoms with van der Waals surface area (Å²) in [6.45, 7) is 0. The van der Waals surface area contributed by atoms with Gasteiger partial charge in [0.1, 0.15) is 17.2 Å². The number of fused-ring (bicyclic) bond motifs is 17. The lowest BCUT2D eigenvalue weighted by Crippen LogP contribution is -2.33. The molecule has 310 valence electrons. The van der Waals surface area contributed by atoms with Crippen molar-refractivity contribution in [3.8, 4) is 45.3 Å². The fourth-order valence-electron chi connectivity index (χ4n) is 12.2. The van der Waals surface area contributed by atoms with Gasteiger partial charge in [-0.15, -0.1) is 0 Å². The maximum absolute atomic E-state index is 7.45. The summed E-state index contributed by atoms with van der Waals surface area (Å²) in [5, 5.41) is 0. The van der Waals surface area contributed by atoms with Gasteiger partial charge in [-0.3, -0.25) is 0 Å². The van der Waals surface area contributed by atoms with Crippen LogP contribution in [0.2, 0.25) is 0 Å². The van der Waals surface area contributed by atoms with Crippen LogP contribution in [0, 0.1) is 0 Å². The molecule has 0 aromatic heterocycles. The molecule has 2 heterocycles. The van der Waals surface area contributed by atoms with E-state index in [1.165, 1.54) is 44.5 Å². The van der Waals surface area contributed by atoms with Crippen molar-refractivity contribution in [3.05, 3.63) is 287 Å². The lowest BCUT2D eigenvalue weighted by molar-refractivity contribution is 0.436. The minimum atomic E-state index is -0.644. The lowest BCUT2D eigenvalue weighted by Gasteiger charge is -2.42. The summed E-state index contributed by atoms with van der Waals surface area (Å²) in [5.74, 6) is 3.44. The van der Waals surface area contributed by atoms with Crippen molar-refractivity contribution >= 4 is 22.6 Å². The van der Waals surface area contributed by atoms with E-state index >= 15 is 0 Å². The van der Waals surface area contributed by atoms with Crippen molar-refractivity contribution in [1.29, 1.82) is 0 Å². The van der Waals surface area contributed by atoms with Crippen molar-refractivity contribution in [2.24, 2.45) is 0 Å². The molecule has 9 aromatic rings. The molecule has 14 rings (SSSR count). The molecule has 0 radical (unpaired) electrons. The van der Waals surface area contributed by atoms with Gasteiger partial charge in [0.05, 0.1) is 27.9 Å². The first-order chi connectivity index (χ1) is 32.8. The molecule has 5 aliphatic rings. The zero-order valence-electron chi connectivity index (χ0n) is 36.0. The predicted octanol–water partition coefficient (Wildman–Crippen LogP) is 16.0. The third-order valence-electron chi connectivity index (χ3n) is 14.6. The zero-order valence-corrected chi connectivity index (χ0v) is 36.0. The number of allylic oxidation sites excluding steroid dienone is 6. The van der Waals surface area contributed by atoms with Gasteiger partial charge in [-0.1, -0.05) is 200 Å².